The van der Waals surface area contributed by atoms with E-state index in [0.717, 1.165) is 28.0 Å². The van der Waals surface area contributed by atoms with Crippen LogP contribution in [0.25, 0.3) is 11.1 Å². The van der Waals surface area contributed by atoms with E-state index >= 15 is 0 Å². The molecule has 0 atom stereocenters. The van der Waals surface area contributed by atoms with Crippen LogP contribution in [0.1, 0.15) is 25.0 Å². The molecular formula is C18H16OS. The van der Waals surface area contributed by atoms with Gasteiger partial charge in [0.25, 0.3) is 0 Å². The molecule has 2 heteroatoms. The number of carbonyl (C=O) groups is 1. The standard InChI is InChI=1S/C18H16OS/c1-4-14-6-7-17(12-15(14)5-2)16-8-10-18(11-9-16)20-13(3)19/h1,6-12H,5H2,2-3H3. The zero-order valence-electron chi connectivity index (χ0n) is 11.6. The predicted octanol–water partition coefficient (Wildman–Crippen LogP) is 4.54. The normalized spacial score (nSPS) is 10.1. The zero-order chi connectivity index (χ0) is 14.5. The molecule has 2 aromatic rings. The number of hydrogen-bond donors (Lipinski definition) is 0. The Labute approximate surface area is 124 Å². The van der Waals surface area contributed by atoms with Gasteiger partial charge in [0.1, 0.15) is 0 Å². The van der Waals surface area contributed by atoms with Crippen molar-refractivity contribution in [2.24, 2.45) is 0 Å². The maximum atomic E-state index is 11.1. The van der Waals surface area contributed by atoms with Crippen LogP contribution in [0, 0.1) is 12.3 Å². The molecule has 0 saturated carbocycles. The Hall–Kier alpha value is -1.98. The molecule has 0 unspecified atom stereocenters. The fourth-order valence-corrected chi connectivity index (χ4v) is 2.69. The van der Waals surface area contributed by atoms with Crippen LogP contribution < -0.4 is 0 Å². The van der Waals surface area contributed by atoms with Gasteiger partial charge in [0, 0.05) is 17.4 Å². The third-order valence-corrected chi connectivity index (χ3v) is 3.89. The van der Waals surface area contributed by atoms with E-state index < -0.39 is 0 Å². The first-order valence-corrected chi connectivity index (χ1v) is 7.34. The highest BCUT2D eigenvalue weighted by atomic mass is 32.2. The molecule has 0 aliphatic rings. The van der Waals surface area contributed by atoms with E-state index in [4.69, 9.17) is 6.42 Å². The minimum atomic E-state index is 0.101. The second-order valence-electron chi connectivity index (χ2n) is 4.49. The number of terminal acetylenes is 1. The van der Waals surface area contributed by atoms with E-state index in [-0.39, 0.29) is 5.12 Å². The van der Waals surface area contributed by atoms with Gasteiger partial charge in [-0.2, -0.15) is 0 Å². The summed E-state index contributed by atoms with van der Waals surface area (Å²) in [6.07, 6.45) is 6.42. The maximum Gasteiger partial charge on any atom is 0.190 e. The molecule has 0 fully saturated rings. The first-order chi connectivity index (χ1) is 9.63. The molecule has 0 N–H and O–H groups in total. The van der Waals surface area contributed by atoms with Crippen LogP contribution in [0.5, 0.6) is 0 Å². The molecule has 0 aromatic heterocycles. The molecule has 20 heavy (non-hydrogen) atoms. The van der Waals surface area contributed by atoms with Crippen molar-refractivity contribution in [2.75, 3.05) is 0 Å². The lowest BCUT2D eigenvalue weighted by molar-refractivity contribution is -0.109. The quantitative estimate of drug-likeness (QED) is 0.606. The molecule has 0 aliphatic heterocycles. The molecule has 2 aromatic carbocycles. The zero-order valence-corrected chi connectivity index (χ0v) is 12.5. The van der Waals surface area contributed by atoms with Crippen molar-refractivity contribution in [3.8, 4) is 23.5 Å². The van der Waals surface area contributed by atoms with Crippen LogP contribution in [-0.4, -0.2) is 5.12 Å². The fraction of sp³-hybridized carbons (Fsp3) is 0.167. The van der Waals surface area contributed by atoms with Crippen LogP contribution in [-0.2, 0) is 11.2 Å². The number of aryl methyl sites for hydroxylation is 1. The number of hydrogen-bond acceptors (Lipinski definition) is 2. The van der Waals surface area contributed by atoms with E-state index in [0.29, 0.717) is 0 Å². The highest BCUT2D eigenvalue weighted by Crippen LogP contribution is 2.26. The van der Waals surface area contributed by atoms with Gasteiger partial charge < -0.3 is 0 Å². The van der Waals surface area contributed by atoms with Gasteiger partial charge in [-0.05, 0) is 47.4 Å². The Morgan fingerprint density at radius 2 is 1.80 bits per heavy atom. The van der Waals surface area contributed by atoms with Crippen molar-refractivity contribution in [3.63, 3.8) is 0 Å². The van der Waals surface area contributed by atoms with Gasteiger partial charge in [-0.25, -0.2) is 0 Å². The minimum Gasteiger partial charge on any atom is -0.287 e. The molecule has 100 valence electrons. The summed E-state index contributed by atoms with van der Waals surface area (Å²) >= 11 is 1.25. The van der Waals surface area contributed by atoms with Crippen molar-refractivity contribution < 1.29 is 4.79 Å². The van der Waals surface area contributed by atoms with Crippen molar-refractivity contribution in [2.45, 2.75) is 25.2 Å². The summed E-state index contributed by atoms with van der Waals surface area (Å²) in [6, 6.07) is 14.2. The number of thioether (sulfide) groups is 1. The summed E-state index contributed by atoms with van der Waals surface area (Å²) in [5.74, 6) is 2.72. The van der Waals surface area contributed by atoms with E-state index in [1.807, 2.05) is 36.4 Å². The third-order valence-electron chi connectivity index (χ3n) is 3.09. The molecule has 0 saturated heterocycles. The smallest absolute Gasteiger partial charge is 0.190 e. The summed E-state index contributed by atoms with van der Waals surface area (Å²) in [6.45, 7) is 3.68. The Bertz CT molecular complexity index is 663. The third kappa shape index (κ3) is 3.31. The molecule has 0 heterocycles. The highest BCUT2D eigenvalue weighted by molar-refractivity contribution is 8.13. The van der Waals surface area contributed by atoms with Gasteiger partial charge in [0.05, 0.1) is 0 Å². The van der Waals surface area contributed by atoms with Crippen LogP contribution in [0.2, 0.25) is 0 Å². The summed E-state index contributed by atoms with van der Waals surface area (Å²) in [5.41, 5.74) is 4.43. The number of benzene rings is 2. The molecule has 0 radical (unpaired) electrons. The average molecular weight is 280 g/mol. The molecule has 1 nitrogen and oxygen atoms in total. The van der Waals surface area contributed by atoms with E-state index in [1.54, 1.807) is 6.92 Å². The lowest BCUT2D eigenvalue weighted by atomic mass is 9.98. The van der Waals surface area contributed by atoms with Crippen molar-refractivity contribution in [1.82, 2.24) is 0 Å². The van der Waals surface area contributed by atoms with Gasteiger partial charge >= 0.3 is 0 Å². The summed E-state index contributed by atoms with van der Waals surface area (Å²) < 4.78 is 0. The van der Waals surface area contributed by atoms with Crippen LogP contribution >= 0.6 is 11.8 Å². The van der Waals surface area contributed by atoms with E-state index in [2.05, 4.69) is 18.9 Å². The topological polar surface area (TPSA) is 17.1 Å². The van der Waals surface area contributed by atoms with Gasteiger partial charge in [-0.15, -0.1) is 6.42 Å². The summed E-state index contributed by atoms with van der Waals surface area (Å²) in [4.78, 5) is 12.0. The van der Waals surface area contributed by atoms with Crippen LogP contribution in [0.4, 0.5) is 0 Å². The van der Waals surface area contributed by atoms with Gasteiger partial charge in [0.2, 0.25) is 0 Å². The highest BCUT2D eigenvalue weighted by Gasteiger charge is 2.04. The molecular weight excluding hydrogens is 264 g/mol. The Kier molecular flexibility index (Phi) is 4.65. The molecule has 0 bridgehead atoms. The monoisotopic (exact) mass is 280 g/mol. The molecule has 2 rings (SSSR count). The Morgan fingerprint density at radius 1 is 1.15 bits per heavy atom. The second-order valence-corrected chi connectivity index (χ2v) is 5.74. The van der Waals surface area contributed by atoms with Crippen LogP contribution in [0.15, 0.2) is 47.4 Å². The average Bonchev–Trinajstić information content (AvgIpc) is 2.46. The van der Waals surface area contributed by atoms with E-state index in [1.165, 1.54) is 17.3 Å². The first-order valence-electron chi connectivity index (χ1n) is 6.52. The van der Waals surface area contributed by atoms with Gasteiger partial charge in [0.15, 0.2) is 5.12 Å². The van der Waals surface area contributed by atoms with Gasteiger partial charge in [-0.3, -0.25) is 4.79 Å². The predicted molar refractivity (Wildman–Crippen MR) is 85.7 cm³/mol. The lowest BCUT2D eigenvalue weighted by Gasteiger charge is -2.07. The largest absolute Gasteiger partial charge is 0.287 e. The number of carbonyl (C=O) groups excluding carboxylic acids is 1. The Balaban J connectivity index is 2.32. The molecule has 0 amide bonds. The maximum absolute atomic E-state index is 11.1. The fourth-order valence-electron chi connectivity index (χ4n) is 2.09. The second kappa shape index (κ2) is 6.45. The Morgan fingerprint density at radius 3 is 2.35 bits per heavy atom. The van der Waals surface area contributed by atoms with Gasteiger partial charge in [-0.1, -0.05) is 42.8 Å². The number of rotatable bonds is 3. The lowest BCUT2D eigenvalue weighted by Crippen LogP contribution is -1.89. The SMILES string of the molecule is C#Cc1ccc(-c2ccc(SC(C)=O)cc2)cc1CC. The summed E-state index contributed by atoms with van der Waals surface area (Å²) in [7, 11) is 0. The van der Waals surface area contributed by atoms with E-state index in [9.17, 15) is 4.79 Å². The van der Waals surface area contributed by atoms with Crippen LogP contribution in [0.3, 0.4) is 0 Å². The molecule has 0 spiro atoms. The van der Waals surface area contributed by atoms with Crippen molar-refractivity contribution in [1.29, 1.82) is 0 Å². The molecule has 0 aliphatic carbocycles. The first kappa shape index (κ1) is 14.4. The van der Waals surface area contributed by atoms with Crippen molar-refractivity contribution >= 4 is 16.9 Å². The van der Waals surface area contributed by atoms with Crippen molar-refractivity contribution in [3.05, 3.63) is 53.6 Å². The minimum absolute atomic E-state index is 0.101. The summed E-state index contributed by atoms with van der Waals surface area (Å²) in [5, 5.41) is 0.101.